The van der Waals surface area contributed by atoms with Crippen LogP contribution in [0.2, 0.25) is 5.02 Å². The van der Waals surface area contributed by atoms with Crippen molar-refractivity contribution < 1.29 is 14.2 Å². The van der Waals surface area contributed by atoms with Crippen molar-refractivity contribution in [3.8, 4) is 11.5 Å². The molecule has 0 aromatic heterocycles. The topological polar surface area (TPSA) is 27.7 Å². The Bertz CT molecular complexity index is 367. The van der Waals surface area contributed by atoms with Crippen molar-refractivity contribution in [1.29, 1.82) is 0 Å². The van der Waals surface area contributed by atoms with Crippen molar-refractivity contribution in [1.82, 2.24) is 0 Å². The Morgan fingerprint density at radius 3 is 2.88 bits per heavy atom. The van der Waals surface area contributed by atoms with E-state index in [2.05, 4.69) is 6.92 Å². The number of hydrogen-bond donors (Lipinski definition) is 0. The van der Waals surface area contributed by atoms with Gasteiger partial charge in [0.25, 0.3) is 0 Å². The molecule has 88 valence electrons. The first kappa shape index (κ1) is 11.6. The summed E-state index contributed by atoms with van der Waals surface area (Å²) < 4.78 is 16.3. The van der Waals surface area contributed by atoms with Gasteiger partial charge in [-0.3, -0.25) is 0 Å². The van der Waals surface area contributed by atoms with Crippen LogP contribution >= 0.6 is 11.6 Å². The number of halogens is 1. The van der Waals surface area contributed by atoms with E-state index in [-0.39, 0.29) is 6.29 Å². The van der Waals surface area contributed by atoms with Crippen molar-refractivity contribution in [2.75, 3.05) is 13.7 Å². The zero-order valence-electron chi connectivity index (χ0n) is 9.40. The maximum absolute atomic E-state index is 5.92. The van der Waals surface area contributed by atoms with Gasteiger partial charge in [-0.2, -0.15) is 0 Å². The van der Waals surface area contributed by atoms with E-state index >= 15 is 0 Å². The van der Waals surface area contributed by atoms with Crippen LogP contribution in [0.3, 0.4) is 0 Å². The Kier molecular flexibility index (Phi) is 3.56. The molecule has 0 amide bonds. The summed E-state index contributed by atoms with van der Waals surface area (Å²) in [6.07, 6.45) is 0.770. The monoisotopic (exact) mass is 242 g/mol. The van der Waals surface area contributed by atoms with Crippen LogP contribution in [0.25, 0.3) is 0 Å². The normalized spacial score (nSPS) is 24.4. The lowest BCUT2D eigenvalue weighted by Gasteiger charge is -2.13. The number of ether oxygens (including phenoxy) is 3. The van der Waals surface area contributed by atoms with Gasteiger partial charge < -0.3 is 14.2 Å². The summed E-state index contributed by atoms with van der Waals surface area (Å²) in [4.78, 5) is 0. The number of benzene rings is 1. The molecule has 0 aliphatic carbocycles. The largest absolute Gasteiger partial charge is 0.495 e. The molecule has 0 saturated carbocycles. The molecule has 1 aromatic rings. The van der Waals surface area contributed by atoms with E-state index in [1.54, 1.807) is 19.2 Å². The second-order valence-corrected chi connectivity index (χ2v) is 4.43. The SMILES string of the molecule is COc1cc(OC2C[C@@H](C)CO2)ccc1Cl. The number of hydrogen-bond acceptors (Lipinski definition) is 3. The Hall–Kier alpha value is -0.930. The van der Waals surface area contributed by atoms with Crippen LogP contribution in [0.4, 0.5) is 0 Å². The molecule has 2 rings (SSSR count). The van der Waals surface area contributed by atoms with Gasteiger partial charge >= 0.3 is 0 Å². The van der Waals surface area contributed by atoms with Gasteiger partial charge in [0, 0.05) is 12.5 Å². The van der Waals surface area contributed by atoms with Crippen molar-refractivity contribution in [3.63, 3.8) is 0 Å². The van der Waals surface area contributed by atoms with E-state index in [0.29, 0.717) is 16.7 Å². The first-order chi connectivity index (χ1) is 7.69. The minimum absolute atomic E-state index is 0.152. The van der Waals surface area contributed by atoms with Gasteiger partial charge in [0.2, 0.25) is 0 Å². The summed E-state index contributed by atoms with van der Waals surface area (Å²) in [7, 11) is 1.58. The molecule has 2 atom stereocenters. The molecule has 0 bridgehead atoms. The van der Waals surface area contributed by atoms with Crippen LogP contribution in [0.5, 0.6) is 11.5 Å². The molecule has 0 N–H and O–H groups in total. The Balaban J connectivity index is 2.04. The molecular formula is C12H15ClO3. The molecule has 1 aliphatic heterocycles. The highest BCUT2D eigenvalue weighted by Crippen LogP contribution is 2.30. The predicted octanol–water partition coefficient (Wildman–Crippen LogP) is 3.11. The van der Waals surface area contributed by atoms with Crippen LogP contribution < -0.4 is 9.47 Å². The quantitative estimate of drug-likeness (QED) is 0.815. The van der Waals surface area contributed by atoms with Crippen LogP contribution in [-0.2, 0) is 4.74 Å². The minimum atomic E-state index is -0.152. The summed E-state index contributed by atoms with van der Waals surface area (Å²) >= 11 is 5.92. The molecular weight excluding hydrogens is 228 g/mol. The maximum atomic E-state index is 5.92. The molecule has 1 heterocycles. The van der Waals surface area contributed by atoms with Gasteiger partial charge in [-0.15, -0.1) is 0 Å². The molecule has 1 unspecified atom stereocenters. The highest BCUT2D eigenvalue weighted by Gasteiger charge is 2.23. The molecule has 0 spiro atoms. The lowest BCUT2D eigenvalue weighted by atomic mass is 10.1. The van der Waals surface area contributed by atoms with Crippen molar-refractivity contribution in [3.05, 3.63) is 23.2 Å². The summed E-state index contributed by atoms with van der Waals surface area (Å²) in [5, 5.41) is 0.579. The van der Waals surface area contributed by atoms with Crippen LogP contribution in [0.15, 0.2) is 18.2 Å². The average molecular weight is 243 g/mol. The van der Waals surface area contributed by atoms with Crippen molar-refractivity contribution in [2.24, 2.45) is 5.92 Å². The Labute approximate surface area is 100 Å². The molecule has 3 nitrogen and oxygen atoms in total. The molecule has 4 heteroatoms. The van der Waals surface area contributed by atoms with E-state index in [4.69, 9.17) is 25.8 Å². The fraction of sp³-hybridized carbons (Fsp3) is 0.500. The van der Waals surface area contributed by atoms with E-state index in [1.807, 2.05) is 6.07 Å². The van der Waals surface area contributed by atoms with Gasteiger partial charge in [0.15, 0.2) is 6.29 Å². The highest BCUT2D eigenvalue weighted by atomic mass is 35.5. The summed E-state index contributed by atoms with van der Waals surface area (Å²) in [6, 6.07) is 5.35. The van der Waals surface area contributed by atoms with Crippen molar-refractivity contribution in [2.45, 2.75) is 19.6 Å². The molecule has 1 saturated heterocycles. The smallest absolute Gasteiger partial charge is 0.200 e. The third-order valence-corrected chi connectivity index (χ3v) is 2.86. The van der Waals surface area contributed by atoms with E-state index < -0.39 is 0 Å². The van der Waals surface area contributed by atoms with Gasteiger partial charge in [-0.25, -0.2) is 0 Å². The summed E-state index contributed by atoms with van der Waals surface area (Å²) in [5.41, 5.74) is 0. The molecule has 16 heavy (non-hydrogen) atoms. The molecule has 0 radical (unpaired) electrons. The minimum Gasteiger partial charge on any atom is -0.495 e. The van der Waals surface area contributed by atoms with E-state index in [1.165, 1.54) is 0 Å². The zero-order chi connectivity index (χ0) is 11.5. The lowest BCUT2D eigenvalue weighted by Crippen LogP contribution is -2.14. The van der Waals surface area contributed by atoms with E-state index in [0.717, 1.165) is 18.8 Å². The Morgan fingerprint density at radius 2 is 2.25 bits per heavy atom. The second kappa shape index (κ2) is 4.93. The zero-order valence-corrected chi connectivity index (χ0v) is 10.2. The third kappa shape index (κ3) is 2.60. The predicted molar refractivity (Wildman–Crippen MR) is 62.2 cm³/mol. The fourth-order valence-corrected chi connectivity index (χ4v) is 1.88. The lowest BCUT2D eigenvalue weighted by molar-refractivity contribution is -0.0394. The summed E-state index contributed by atoms with van der Waals surface area (Å²) in [6.45, 7) is 2.90. The third-order valence-electron chi connectivity index (χ3n) is 2.55. The maximum Gasteiger partial charge on any atom is 0.200 e. The number of methoxy groups -OCH3 is 1. The molecule has 1 aromatic carbocycles. The fourth-order valence-electron chi connectivity index (χ4n) is 1.68. The molecule has 1 aliphatic rings. The second-order valence-electron chi connectivity index (χ2n) is 4.02. The van der Waals surface area contributed by atoms with Gasteiger partial charge in [0.05, 0.1) is 18.7 Å². The number of rotatable bonds is 3. The van der Waals surface area contributed by atoms with Crippen molar-refractivity contribution >= 4 is 11.6 Å². The summed E-state index contributed by atoms with van der Waals surface area (Å²) in [5.74, 6) is 1.89. The highest BCUT2D eigenvalue weighted by molar-refractivity contribution is 6.32. The van der Waals surface area contributed by atoms with Crippen LogP contribution in [0, 0.1) is 5.92 Å². The van der Waals surface area contributed by atoms with Gasteiger partial charge in [0.1, 0.15) is 11.5 Å². The van der Waals surface area contributed by atoms with Gasteiger partial charge in [-0.1, -0.05) is 18.5 Å². The first-order valence-corrected chi connectivity index (χ1v) is 5.68. The van der Waals surface area contributed by atoms with Gasteiger partial charge in [-0.05, 0) is 18.1 Å². The Morgan fingerprint density at radius 1 is 1.44 bits per heavy atom. The standard InChI is InChI=1S/C12H15ClO3/c1-8-5-12(15-7-8)16-9-3-4-10(13)11(6-9)14-2/h3-4,6,8,12H,5,7H2,1-2H3/t8-,12?/m1/s1. The van der Waals surface area contributed by atoms with Crippen LogP contribution in [-0.4, -0.2) is 20.0 Å². The average Bonchev–Trinajstić information content (AvgIpc) is 2.67. The van der Waals surface area contributed by atoms with E-state index in [9.17, 15) is 0 Å². The first-order valence-electron chi connectivity index (χ1n) is 5.31. The van der Waals surface area contributed by atoms with Crippen LogP contribution in [0.1, 0.15) is 13.3 Å². The molecule has 1 fully saturated rings.